The summed E-state index contributed by atoms with van der Waals surface area (Å²) in [5.74, 6) is -0.110. The van der Waals surface area contributed by atoms with Crippen LogP contribution in [0.4, 0.5) is 5.69 Å². The Hall–Kier alpha value is -1.36. The van der Waals surface area contributed by atoms with E-state index >= 15 is 0 Å². The first-order valence-corrected chi connectivity index (χ1v) is 5.72. The van der Waals surface area contributed by atoms with Crippen LogP contribution in [-0.4, -0.2) is 11.9 Å². The molecule has 0 aliphatic carbocycles. The molecule has 1 aromatic carbocycles. The van der Waals surface area contributed by atoms with E-state index in [1.165, 1.54) is 6.92 Å². The van der Waals surface area contributed by atoms with Crippen molar-refractivity contribution in [1.82, 2.24) is 5.32 Å². The van der Waals surface area contributed by atoms with Gasteiger partial charge in [0.2, 0.25) is 11.9 Å². The molecular weight excluding hydrogens is 270 g/mol. The number of carbonyl (C=O) groups is 1. The van der Waals surface area contributed by atoms with Gasteiger partial charge in [0.25, 0.3) is 0 Å². The smallest absolute Gasteiger partial charge is 0.223 e. The van der Waals surface area contributed by atoms with E-state index in [0.717, 1.165) is 22.1 Å². The summed E-state index contributed by atoms with van der Waals surface area (Å²) in [6.07, 6.45) is 0.853. The molecule has 0 atom stereocenters. The van der Waals surface area contributed by atoms with E-state index in [9.17, 15) is 4.79 Å². The molecule has 4 nitrogen and oxygen atoms in total. The number of benzene rings is 1. The van der Waals surface area contributed by atoms with Crippen molar-refractivity contribution >= 4 is 33.5 Å². The summed E-state index contributed by atoms with van der Waals surface area (Å²) in [6, 6.07) is 5.73. The minimum atomic E-state index is -0.226. The lowest BCUT2D eigenvalue weighted by molar-refractivity contribution is -0.117. The van der Waals surface area contributed by atoms with Gasteiger partial charge in [-0.2, -0.15) is 0 Å². The van der Waals surface area contributed by atoms with E-state index in [4.69, 9.17) is 5.73 Å². The number of nitrogens with zero attached hydrogens (tertiary/aromatic N) is 1. The highest BCUT2D eigenvalue weighted by molar-refractivity contribution is 9.10. The fraction of sp³-hybridized carbons (Fsp3) is 0.273. The van der Waals surface area contributed by atoms with Gasteiger partial charge in [-0.25, -0.2) is 4.99 Å². The molecule has 0 saturated carbocycles. The molecule has 0 unspecified atom stereocenters. The summed E-state index contributed by atoms with van der Waals surface area (Å²) in [6.45, 7) is 3.43. The monoisotopic (exact) mass is 283 g/mol. The van der Waals surface area contributed by atoms with Gasteiger partial charge < -0.3 is 5.73 Å². The van der Waals surface area contributed by atoms with Gasteiger partial charge in [0.05, 0.1) is 5.69 Å². The zero-order chi connectivity index (χ0) is 12.1. The predicted molar refractivity (Wildman–Crippen MR) is 68.6 cm³/mol. The van der Waals surface area contributed by atoms with Crippen molar-refractivity contribution < 1.29 is 4.79 Å². The molecule has 1 rings (SSSR count). The van der Waals surface area contributed by atoms with Crippen LogP contribution < -0.4 is 11.1 Å². The average molecular weight is 284 g/mol. The van der Waals surface area contributed by atoms with E-state index in [-0.39, 0.29) is 11.9 Å². The van der Waals surface area contributed by atoms with Crippen molar-refractivity contribution in [1.29, 1.82) is 0 Å². The molecule has 0 aliphatic rings. The minimum absolute atomic E-state index is 0.115. The van der Waals surface area contributed by atoms with Crippen LogP contribution in [0.5, 0.6) is 0 Å². The maximum absolute atomic E-state index is 10.8. The van der Waals surface area contributed by atoms with Gasteiger partial charge in [0, 0.05) is 11.4 Å². The molecular formula is C11H14BrN3O. The van der Waals surface area contributed by atoms with E-state index in [0.29, 0.717) is 0 Å². The number of guanidine groups is 1. The van der Waals surface area contributed by atoms with Gasteiger partial charge >= 0.3 is 0 Å². The molecule has 3 N–H and O–H groups in total. The third-order valence-electron chi connectivity index (χ3n) is 1.97. The van der Waals surface area contributed by atoms with Crippen LogP contribution in [0.1, 0.15) is 19.4 Å². The highest BCUT2D eigenvalue weighted by Gasteiger charge is 2.02. The minimum Gasteiger partial charge on any atom is -0.369 e. The lowest BCUT2D eigenvalue weighted by Crippen LogP contribution is -2.34. The molecule has 0 bridgehead atoms. The second-order valence-corrected chi connectivity index (χ2v) is 4.22. The Balaban J connectivity index is 2.99. The summed E-state index contributed by atoms with van der Waals surface area (Å²) >= 11 is 3.39. The molecule has 0 fully saturated rings. The number of halogens is 1. The molecule has 0 spiro atoms. The number of aryl methyl sites for hydroxylation is 1. The highest BCUT2D eigenvalue weighted by atomic mass is 79.9. The van der Waals surface area contributed by atoms with Crippen molar-refractivity contribution in [2.75, 3.05) is 0 Å². The van der Waals surface area contributed by atoms with Gasteiger partial charge in [-0.05, 0) is 30.2 Å². The number of nitrogens with two attached hydrogens (primary N) is 1. The number of amides is 1. The van der Waals surface area contributed by atoms with Crippen LogP contribution in [0.2, 0.25) is 0 Å². The van der Waals surface area contributed by atoms with Crippen molar-refractivity contribution in [3.8, 4) is 0 Å². The lowest BCUT2D eigenvalue weighted by atomic mass is 10.1. The van der Waals surface area contributed by atoms with Crippen molar-refractivity contribution in [2.45, 2.75) is 20.3 Å². The Morgan fingerprint density at radius 1 is 1.56 bits per heavy atom. The summed E-state index contributed by atoms with van der Waals surface area (Å²) in [4.78, 5) is 14.9. The third-order valence-corrected chi connectivity index (χ3v) is 2.46. The quantitative estimate of drug-likeness (QED) is 0.645. The van der Waals surface area contributed by atoms with E-state index in [2.05, 4.69) is 26.2 Å². The average Bonchev–Trinajstić information content (AvgIpc) is 2.19. The van der Waals surface area contributed by atoms with Gasteiger partial charge in [-0.3, -0.25) is 10.1 Å². The molecule has 0 radical (unpaired) electrons. The Morgan fingerprint density at radius 3 is 2.81 bits per heavy atom. The first kappa shape index (κ1) is 12.7. The lowest BCUT2D eigenvalue weighted by Gasteiger charge is -2.05. The molecule has 0 aliphatic heterocycles. The van der Waals surface area contributed by atoms with Crippen LogP contribution in [0.25, 0.3) is 0 Å². The standard InChI is InChI=1S/C11H14BrN3O/c1-3-8-6-9(12)4-5-10(8)15-11(13)14-7(2)16/h4-6H,3H2,1-2H3,(H3,13,14,15,16). The van der Waals surface area contributed by atoms with E-state index in [1.807, 2.05) is 25.1 Å². The second kappa shape index (κ2) is 5.65. The number of aliphatic imine (C=N–C) groups is 1. The maximum Gasteiger partial charge on any atom is 0.223 e. The molecule has 1 amide bonds. The predicted octanol–water partition coefficient (Wildman–Crippen LogP) is 2.09. The summed E-state index contributed by atoms with van der Waals surface area (Å²) in [5.41, 5.74) is 7.42. The van der Waals surface area contributed by atoms with Crippen LogP contribution in [-0.2, 0) is 11.2 Å². The van der Waals surface area contributed by atoms with Crippen LogP contribution in [0, 0.1) is 0 Å². The molecule has 1 aromatic rings. The van der Waals surface area contributed by atoms with Gasteiger partial charge in [0.1, 0.15) is 0 Å². The largest absolute Gasteiger partial charge is 0.369 e. The first-order valence-electron chi connectivity index (χ1n) is 4.93. The molecule has 0 saturated heterocycles. The SMILES string of the molecule is CCc1cc(Br)ccc1N=C(N)NC(C)=O. The molecule has 16 heavy (non-hydrogen) atoms. The van der Waals surface area contributed by atoms with Crippen molar-refractivity contribution in [2.24, 2.45) is 10.7 Å². The topological polar surface area (TPSA) is 67.5 Å². The van der Waals surface area contributed by atoms with Crippen LogP contribution >= 0.6 is 15.9 Å². The summed E-state index contributed by atoms with van der Waals surface area (Å²) in [5, 5.41) is 2.43. The van der Waals surface area contributed by atoms with Crippen LogP contribution in [0.15, 0.2) is 27.7 Å². The Kier molecular flexibility index (Phi) is 4.49. The van der Waals surface area contributed by atoms with E-state index < -0.39 is 0 Å². The normalized spacial score (nSPS) is 11.3. The summed E-state index contributed by atoms with van der Waals surface area (Å²) < 4.78 is 1.00. The van der Waals surface area contributed by atoms with Crippen LogP contribution in [0.3, 0.4) is 0 Å². The zero-order valence-corrected chi connectivity index (χ0v) is 10.8. The number of hydrogen-bond donors (Lipinski definition) is 2. The Morgan fingerprint density at radius 2 is 2.25 bits per heavy atom. The van der Waals surface area contributed by atoms with Gasteiger partial charge in [0.15, 0.2) is 0 Å². The third kappa shape index (κ3) is 3.66. The Bertz CT molecular complexity index is 429. The maximum atomic E-state index is 10.8. The molecule has 5 heteroatoms. The summed E-state index contributed by atoms with van der Waals surface area (Å²) in [7, 11) is 0. The first-order chi connectivity index (χ1) is 7.52. The van der Waals surface area contributed by atoms with Crippen molar-refractivity contribution in [3.05, 3.63) is 28.2 Å². The van der Waals surface area contributed by atoms with Gasteiger partial charge in [-0.1, -0.05) is 22.9 Å². The van der Waals surface area contributed by atoms with Crippen molar-refractivity contribution in [3.63, 3.8) is 0 Å². The van der Waals surface area contributed by atoms with E-state index in [1.54, 1.807) is 0 Å². The highest BCUT2D eigenvalue weighted by Crippen LogP contribution is 2.23. The fourth-order valence-corrected chi connectivity index (χ4v) is 1.69. The fourth-order valence-electron chi connectivity index (χ4n) is 1.28. The molecule has 86 valence electrons. The number of rotatable bonds is 2. The number of nitrogens with one attached hydrogen (secondary N) is 1. The Labute approximate surface area is 103 Å². The molecule has 0 aromatic heterocycles. The zero-order valence-electron chi connectivity index (χ0n) is 9.25. The second-order valence-electron chi connectivity index (χ2n) is 3.30. The number of hydrogen-bond acceptors (Lipinski definition) is 2. The molecule has 0 heterocycles. The van der Waals surface area contributed by atoms with Gasteiger partial charge in [-0.15, -0.1) is 0 Å². The number of carbonyl (C=O) groups excluding carboxylic acids is 1.